The molecule has 1 aromatic carbocycles. The fourth-order valence-electron chi connectivity index (χ4n) is 2.38. The fraction of sp³-hybridized carbons (Fsp3) is 0.500. The standard InChI is InChI=1S/C12H18BO3Si/c1-8-6-7-10(13(14)15-16-17)9(2)11(8)12(3,4)5/h6-7,14H,1-5H3. The van der Waals surface area contributed by atoms with Crippen LogP contribution in [0.15, 0.2) is 12.1 Å². The summed E-state index contributed by atoms with van der Waals surface area (Å²) in [6.07, 6.45) is 0. The van der Waals surface area contributed by atoms with Crippen LogP contribution in [0.5, 0.6) is 0 Å². The quantitative estimate of drug-likeness (QED) is 0.499. The third-order valence-electron chi connectivity index (χ3n) is 2.87. The molecular weight excluding hydrogens is 231 g/mol. The van der Waals surface area contributed by atoms with Crippen molar-refractivity contribution in [2.75, 3.05) is 0 Å². The number of rotatable bonds is 3. The summed E-state index contributed by atoms with van der Waals surface area (Å²) >= 11 is 0. The van der Waals surface area contributed by atoms with Gasteiger partial charge in [-0.25, -0.2) is 0 Å². The first kappa shape index (κ1) is 14.4. The van der Waals surface area contributed by atoms with E-state index in [0.717, 1.165) is 11.0 Å². The van der Waals surface area contributed by atoms with Crippen molar-refractivity contribution in [2.24, 2.45) is 0 Å². The SMILES string of the molecule is Cc1ccc(B(O)OO[Si])c(C)c1C(C)(C)C. The van der Waals surface area contributed by atoms with Crippen molar-refractivity contribution in [3.63, 3.8) is 0 Å². The summed E-state index contributed by atoms with van der Waals surface area (Å²) < 4.78 is 4.32. The minimum absolute atomic E-state index is 0.0265. The Morgan fingerprint density at radius 1 is 1.24 bits per heavy atom. The molecule has 0 saturated carbocycles. The number of aryl methyl sites for hydroxylation is 1. The van der Waals surface area contributed by atoms with E-state index in [2.05, 4.69) is 47.6 Å². The van der Waals surface area contributed by atoms with Crippen molar-refractivity contribution < 1.29 is 14.4 Å². The van der Waals surface area contributed by atoms with Gasteiger partial charge in [-0.15, -0.1) is 0 Å². The van der Waals surface area contributed by atoms with Crippen LogP contribution < -0.4 is 5.46 Å². The van der Waals surface area contributed by atoms with Crippen LogP contribution in [0, 0.1) is 13.8 Å². The summed E-state index contributed by atoms with van der Waals surface area (Å²) in [5, 5.41) is 9.80. The highest BCUT2D eigenvalue weighted by Gasteiger charge is 2.26. The number of hydrogen-bond donors (Lipinski definition) is 1. The lowest BCUT2D eigenvalue weighted by atomic mass is 9.71. The molecular formula is C12H18BO3Si. The molecule has 0 bridgehead atoms. The van der Waals surface area contributed by atoms with E-state index >= 15 is 0 Å². The number of hydrogen-bond acceptors (Lipinski definition) is 3. The third-order valence-corrected chi connectivity index (χ3v) is 2.97. The van der Waals surface area contributed by atoms with Crippen LogP contribution in [-0.2, 0) is 14.8 Å². The summed E-state index contributed by atoms with van der Waals surface area (Å²) in [6, 6.07) is 3.85. The van der Waals surface area contributed by atoms with E-state index in [1.54, 1.807) is 0 Å². The highest BCUT2D eigenvalue weighted by Crippen LogP contribution is 2.27. The second kappa shape index (κ2) is 5.35. The van der Waals surface area contributed by atoms with Gasteiger partial charge in [-0.2, -0.15) is 0 Å². The van der Waals surface area contributed by atoms with E-state index in [9.17, 15) is 5.02 Å². The average molecular weight is 249 g/mol. The topological polar surface area (TPSA) is 38.7 Å². The lowest BCUT2D eigenvalue weighted by Gasteiger charge is -2.26. The Morgan fingerprint density at radius 2 is 1.82 bits per heavy atom. The van der Waals surface area contributed by atoms with Crippen molar-refractivity contribution in [3.05, 3.63) is 28.8 Å². The first-order valence-electron chi connectivity index (χ1n) is 5.56. The first-order chi connectivity index (χ1) is 7.79. The summed E-state index contributed by atoms with van der Waals surface area (Å²) in [5.74, 6) is 0. The molecule has 0 saturated heterocycles. The molecule has 0 unspecified atom stereocenters. The molecule has 0 atom stereocenters. The second-order valence-electron chi connectivity index (χ2n) is 5.25. The Bertz CT molecular complexity index is 401. The van der Waals surface area contributed by atoms with Gasteiger partial charge in [0, 0.05) is 0 Å². The molecule has 17 heavy (non-hydrogen) atoms. The lowest BCUT2D eigenvalue weighted by Crippen LogP contribution is -2.37. The largest absolute Gasteiger partial charge is 0.521 e. The Balaban J connectivity index is 3.29. The normalized spacial score (nSPS) is 11.7. The van der Waals surface area contributed by atoms with Crippen LogP contribution in [0.4, 0.5) is 0 Å². The molecule has 1 aromatic rings. The lowest BCUT2D eigenvalue weighted by molar-refractivity contribution is -0.111. The average Bonchev–Trinajstić information content (AvgIpc) is 2.15. The molecule has 0 fully saturated rings. The van der Waals surface area contributed by atoms with Gasteiger partial charge < -0.3 is 9.60 Å². The maximum Gasteiger partial charge on any atom is 0.521 e. The summed E-state index contributed by atoms with van der Waals surface area (Å²) in [7, 11) is 1.62. The molecule has 3 nitrogen and oxygen atoms in total. The number of benzene rings is 1. The molecule has 0 aliphatic rings. The van der Waals surface area contributed by atoms with Gasteiger partial charge in [0.25, 0.3) is 10.5 Å². The molecule has 0 aliphatic carbocycles. The zero-order valence-corrected chi connectivity index (χ0v) is 12.0. The van der Waals surface area contributed by atoms with Crippen LogP contribution in [-0.4, -0.2) is 22.6 Å². The highest BCUT2D eigenvalue weighted by molar-refractivity contribution is 6.60. The van der Waals surface area contributed by atoms with Gasteiger partial charge in [0.15, 0.2) is 0 Å². The Morgan fingerprint density at radius 3 is 2.29 bits per heavy atom. The molecule has 1 rings (SSSR count). The van der Waals surface area contributed by atoms with Gasteiger partial charge >= 0.3 is 7.12 Å². The first-order valence-corrected chi connectivity index (χ1v) is 5.97. The molecule has 0 spiro atoms. The maximum atomic E-state index is 9.80. The van der Waals surface area contributed by atoms with Gasteiger partial charge in [0.05, 0.1) is 0 Å². The van der Waals surface area contributed by atoms with Gasteiger partial charge in [0.2, 0.25) is 0 Å². The molecule has 0 heterocycles. The van der Waals surface area contributed by atoms with Crippen LogP contribution in [0.2, 0.25) is 0 Å². The minimum atomic E-state index is -1.09. The van der Waals surface area contributed by atoms with Gasteiger partial charge in [0.1, 0.15) is 0 Å². The molecule has 91 valence electrons. The van der Waals surface area contributed by atoms with Crippen LogP contribution >= 0.6 is 0 Å². The smallest absolute Gasteiger partial charge is 0.422 e. The summed E-state index contributed by atoms with van der Waals surface area (Å²) in [4.78, 5) is 4.69. The van der Waals surface area contributed by atoms with E-state index in [0.29, 0.717) is 0 Å². The fourth-order valence-corrected chi connectivity index (χ4v) is 2.47. The van der Waals surface area contributed by atoms with E-state index in [1.165, 1.54) is 11.1 Å². The Kier molecular flexibility index (Phi) is 4.55. The van der Waals surface area contributed by atoms with Crippen molar-refractivity contribution >= 4 is 23.1 Å². The van der Waals surface area contributed by atoms with Crippen LogP contribution in [0.3, 0.4) is 0 Å². The Hall–Kier alpha value is -0.618. The van der Waals surface area contributed by atoms with E-state index in [1.807, 2.05) is 19.1 Å². The monoisotopic (exact) mass is 249 g/mol. The predicted molar refractivity (Wildman–Crippen MR) is 70.1 cm³/mol. The van der Waals surface area contributed by atoms with E-state index in [-0.39, 0.29) is 5.41 Å². The van der Waals surface area contributed by atoms with E-state index < -0.39 is 7.12 Å². The van der Waals surface area contributed by atoms with Crippen molar-refractivity contribution in [2.45, 2.75) is 40.0 Å². The van der Waals surface area contributed by atoms with Crippen LogP contribution in [0.25, 0.3) is 0 Å². The molecule has 0 aliphatic heterocycles. The van der Waals surface area contributed by atoms with Crippen molar-refractivity contribution in [3.8, 4) is 0 Å². The van der Waals surface area contributed by atoms with Gasteiger partial charge in [-0.1, -0.05) is 32.9 Å². The van der Waals surface area contributed by atoms with Crippen LogP contribution in [0.1, 0.15) is 37.5 Å². The van der Waals surface area contributed by atoms with Crippen molar-refractivity contribution in [1.29, 1.82) is 0 Å². The molecule has 3 radical (unpaired) electrons. The second-order valence-corrected chi connectivity index (χ2v) is 5.42. The molecule has 0 amide bonds. The highest BCUT2D eigenvalue weighted by atomic mass is 28.2. The Labute approximate surface area is 107 Å². The van der Waals surface area contributed by atoms with Crippen molar-refractivity contribution in [1.82, 2.24) is 0 Å². The predicted octanol–water partition coefficient (Wildman–Crippen LogP) is 1.32. The summed E-state index contributed by atoms with van der Waals surface area (Å²) in [6.45, 7) is 10.5. The zero-order chi connectivity index (χ0) is 13.2. The van der Waals surface area contributed by atoms with Gasteiger partial charge in [-0.3, -0.25) is 4.81 Å². The minimum Gasteiger partial charge on any atom is -0.422 e. The maximum absolute atomic E-state index is 9.80. The molecule has 5 heteroatoms. The van der Waals surface area contributed by atoms with Gasteiger partial charge in [-0.05, 0) is 41.4 Å². The third kappa shape index (κ3) is 3.19. The van der Waals surface area contributed by atoms with E-state index in [4.69, 9.17) is 0 Å². The zero-order valence-electron chi connectivity index (χ0n) is 11.0. The molecule has 0 aromatic heterocycles. The molecule has 1 N–H and O–H groups in total. The summed E-state index contributed by atoms with van der Waals surface area (Å²) in [5.41, 5.74) is 4.22.